The number of esters is 1. The lowest BCUT2D eigenvalue weighted by Crippen LogP contribution is -2.32. The molecule has 1 rings (SSSR count). The fourth-order valence-electron chi connectivity index (χ4n) is 1.24. The first-order valence-electron chi connectivity index (χ1n) is 5.12. The van der Waals surface area contributed by atoms with Crippen molar-refractivity contribution >= 4 is 43.6 Å². The molecule has 1 aromatic rings. The molecule has 0 saturated carbocycles. The Morgan fingerprint density at radius 2 is 1.76 bits per heavy atom. The number of carbonyl (C=O) groups is 2. The first-order chi connectivity index (χ1) is 8.07. The fourth-order valence-corrected chi connectivity index (χ4v) is 2.09. The minimum Gasteiger partial charge on any atom is -0.465 e. The van der Waals surface area contributed by atoms with Crippen LogP contribution in [0.25, 0.3) is 0 Å². The average Bonchev–Trinajstić information content (AvgIpc) is 2.37. The molecular formula is C12H12Br2O3. The molecule has 3 nitrogen and oxygen atoms in total. The van der Waals surface area contributed by atoms with E-state index >= 15 is 0 Å². The van der Waals surface area contributed by atoms with Crippen LogP contribution >= 0.6 is 31.9 Å². The van der Waals surface area contributed by atoms with Crippen LogP contribution in [0.2, 0.25) is 0 Å². The van der Waals surface area contributed by atoms with Gasteiger partial charge in [-0.2, -0.15) is 0 Å². The Balaban J connectivity index is 2.73. The van der Waals surface area contributed by atoms with E-state index in [2.05, 4.69) is 31.9 Å². The van der Waals surface area contributed by atoms with E-state index in [0.29, 0.717) is 12.2 Å². The van der Waals surface area contributed by atoms with Crippen molar-refractivity contribution in [1.82, 2.24) is 0 Å². The third-order valence-corrected chi connectivity index (χ3v) is 4.63. The van der Waals surface area contributed by atoms with Crippen molar-refractivity contribution in [3.63, 3.8) is 0 Å². The molecule has 0 fully saturated rings. The summed E-state index contributed by atoms with van der Waals surface area (Å²) in [5.74, 6) is -0.598. The molecule has 92 valence electrons. The molecule has 2 unspecified atom stereocenters. The highest BCUT2D eigenvalue weighted by atomic mass is 79.9. The van der Waals surface area contributed by atoms with Gasteiger partial charge in [0.25, 0.3) is 0 Å². The lowest BCUT2D eigenvalue weighted by molar-refractivity contribution is -0.142. The maximum absolute atomic E-state index is 12.0. The zero-order valence-electron chi connectivity index (χ0n) is 9.23. The van der Waals surface area contributed by atoms with Crippen molar-refractivity contribution in [2.45, 2.75) is 16.6 Å². The summed E-state index contributed by atoms with van der Waals surface area (Å²) >= 11 is 6.38. The van der Waals surface area contributed by atoms with Gasteiger partial charge in [-0.15, -0.1) is 0 Å². The van der Waals surface area contributed by atoms with Crippen molar-refractivity contribution in [1.29, 1.82) is 0 Å². The molecule has 0 aliphatic heterocycles. The van der Waals surface area contributed by atoms with E-state index in [9.17, 15) is 9.59 Å². The molecule has 0 saturated heterocycles. The normalized spacial score (nSPS) is 13.8. The van der Waals surface area contributed by atoms with Gasteiger partial charge in [0, 0.05) is 5.56 Å². The van der Waals surface area contributed by atoms with Gasteiger partial charge >= 0.3 is 5.97 Å². The van der Waals surface area contributed by atoms with E-state index in [0.717, 1.165) is 0 Å². The van der Waals surface area contributed by atoms with Gasteiger partial charge in [-0.3, -0.25) is 9.59 Å². The van der Waals surface area contributed by atoms with Gasteiger partial charge < -0.3 is 4.74 Å². The van der Waals surface area contributed by atoms with Crippen LogP contribution in [0, 0.1) is 0 Å². The molecule has 0 N–H and O–H groups in total. The van der Waals surface area contributed by atoms with E-state index in [4.69, 9.17) is 4.74 Å². The molecule has 0 aromatic heterocycles. The minimum atomic E-state index is -0.685. The number of alkyl halides is 2. The topological polar surface area (TPSA) is 43.4 Å². The highest BCUT2D eigenvalue weighted by molar-refractivity contribution is 9.12. The Morgan fingerprint density at radius 1 is 1.18 bits per heavy atom. The fraction of sp³-hybridized carbons (Fsp3) is 0.333. The SMILES string of the molecule is CCOC(=O)C(Br)C(Br)C(=O)c1ccccc1. The lowest BCUT2D eigenvalue weighted by Gasteiger charge is -2.14. The van der Waals surface area contributed by atoms with Crippen LogP contribution in [0.4, 0.5) is 0 Å². The molecule has 2 atom stereocenters. The van der Waals surface area contributed by atoms with Gasteiger partial charge in [0.15, 0.2) is 5.78 Å². The Morgan fingerprint density at radius 3 is 2.29 bits per heavy atom. The number of halogens is 2. The smallest absolute Gasteiger partial charge is 0.321 e. The van der Waals surface area contributed by atoms with E-state index in [1.165, 1.54) is 0 Å². The lowest BCUT2D eigenvalue weighted by atomic mass is 10.1. The zero-order valence-corrected chi connectivity index (χ0v) is 12.4. The molecule has 0 bridgehead atoms. The maximum Gasteiger partial charge on any atom is 0.321 e. The molecule has 0 heterocycles. The molecule has 1 aromatic carbocycles. The first-order valence-corrected chi connectivity index (χ1v) is 6.95. The summed E-state index contributed by atoms with van der Waals surface area (Å²) in [6, 6.07) is 8.81. The zero-order chi connectivity index (χ0) is 12.8. The number of Topliss-reactive ketones (excluding diaryl/α,β-unsaturated/α-hetero) is 1. The van der Waals surface area contributed by atoms with E-state index in [-0.39, 0.29) is 5.78 Å². The molecule has 0 aliphatic carbocycles. The summed E-state index contributed by atoms with van der Waals surface area (Å²) in [6.45, 7) is 2.01. The van der Waals surface area contributed by atoms with Crippen LogP contribution in [0.15, 0.2) is 30.3 Å². The first kappa shape index (κ1) is 14.4. The van der Waals surface area contributed by atoms with Crippen molar-refractivity contribution in [3.8, 4) is 0 Å². The predicted molar refractivity (Wildman–Crippen MR) is 72.8 cm³/mol. The third kappa shape index (κ3) is 3.92. The Bertz CT molecular complexity index is 392. The van der Waals surface area contributed by atoms with Crippen LogP contribution in [-0.4, -0.2) is 28.0 Å². The number of carbonyl (C=O) groups excluding carboxylic acids is 2. The Labute approximate surface area is 117 Å². The monoisotopic (exact) mass is 362 g/mol. The molecule has 0 amide bonds. The van der Waals surface area contributed by atoms with Crippen LogP contribution in [0.5, 0.6) is 0 Å². The summed E-state index contributed by atoms with van der Waals surface area (Å²) in [5, 5.41) is 0. The van der Waals surface area contributed by atoms with Gasteiger partial charge in [0.2, 0.25) is 0 Å². The molecule has 0 spiro atoms. The van der Waals surface area contributed by atoms with Crippen LogP contribution in [0.3, 0.4) is 0 Å². The van der Waals surface area contributed by atoms with Crippen molar-refractivity contribution in [2.24, 2.45) is 0 Å². The molecule has 0 aliphatic rings. The highest BCUT2D eigenvalue weighted by Crippen LogP contribution is 2.20. The molecular weight excluding hydrogens is 352 g/mol. The van der Waals surface area contributed by atoms with Gasteiger partial charge in [0.05, 0.1) is 6.61 Å². The Hall–Kier alpha value is -0.680. The largest absolute Gasteiger partial charge is 0.465 e. The van der Waals surface area contributed by atoms with Gasteiger partial charge in [-0.1, -0.05) is 62.2 Å². The van der Waals surface area contributed by atoms with Crippen molar-refractivity contribution in [3.05, 3.63) is 35.9 Å². The molecule has 17 heavy (non-hydrogen) atoms. The highest BCUT2D eigenvalue weighted by Gasteiger charge is 2.31. The van der Waals surface area contributed by atoms with Gasteiger partial charge in [0.1, 0.15) is 9.65 Å². The second-order valence-corrected chi connectivity index (χ2v) is 5.26. The number of ketones is 1. The standard InChI is InChI=1S/C12H12Br2O3/c1-2-17-12(16)10(14)9(13)11(15)8-6-4-3-5-7-8/h3-7,9-10H,2H2,1H3. The van der Waals surface area contributed by atoms with E-state index in [1.54, 1.807) is 31.2 Å². The van der Waals surface area contributed by atoms with Crippen molar-refractivity contribution < 1.29 is 14.3 Å². The second-order valence-electron chi connectivity index (χ2n) is 3.29. The van der Waals surface area contributed by atoms with Gasteiger partial charge in [-0.25, -0.2) is 0 Å². The van der Waals surface area contributed by atoms with Crippen LogP contribution < -0.4 is 0 Å². The summed E-state index contributed by atoms with van der Waals surface area (Å²) in [5.41, 5.74) is 0.558. The quantitative estimate of drug-likeness (QED) is 0.459. The number of hydrogen-bond donors (Lipinski definition) is 0. The third-order valence-electron chi connectivity index (χ3n) is 2.08. The van der Waals surface area contributed by atoms with Crippen LogP contribution in [-0.2, 0) is 9.53 Å². The molecule has 0 radical (unpaired) electrons. The van der Waals surface area contributed by atoms with E-state index in [1.807, 2.05) is 6.07 Å². The number of ether oxygens (including phenoxy) is 1. The maximum atomic E-state index is 12.0. The second kappa shape index (κ2) is 6.91. The van der Waals surface area contributed by atoms with Crippen LogP contribution in [0.1, 0.15) is 17.3 Å². The number of rotatable bonds is 5. The number of hydrogen-bond acceptors (Lipinski definition) is 3. The summed E-state index contributed by atoms with van der Waals surface area (Å²) < 4.78 is 4.84. The Kier molecular flexibility index (Phi) is 5.85. The minimum absolute atomic E-state index is 0.152. The van der Waals surface area contributed by atoms with E-state index < -0.39 is 15.6 Å². The van der Waals surface area contributed by atoms with Gasteiger partial charge in [-0.05, 0) is 6.92 Å². The number of benzene rings is 1. The summed E-state index contributed by atoms with van der Waals surface area (Å²) in [4.78, 5) is 22.2. The predicted octanol–water partition coefficient (Wildman–Crippen LogP) is 2.96. The van der Waals surface area contributed by atoms with Crippen molar-refractivity contribution in [2.75, 3.05) is 6.61 Å². The average molecular weight is 364 g/mol. The summed E-state index contributed by atoms with van der Waals surface area (Å²) in [7, 11) is 0. The molecule has 5 heteroatoms. The summed E-state index contributed by atoms with van der Waals surface area (Å²) in [6.07, 6.45) is 0.